The fourth-order valence-corrected chi connectivity index (χ4v) is 1.88. The van der Waals surface area contributed by atoms with Crippen LogP contribution in [0.5, 0.6) is 5.75 Å². The molecule has 0 radical (unpaired) electrons. The van der Waals surface area contributed by atoms with Gasteiger partial charge in [-0.2, -0.15) is 0 Å². The van der Waals surface area contributed by atoms with Gasteiger partial charge in [0.2, 0.25) is 5.91 Å². The first-order valence-electron chi connectivity index (χ1n) is 6.80. The number of hydrogen-bond acceptors (Lipinski definition) is 3. The molecule has 1 amide bonds. The van der Waals surface area contributed by atoms with E-state index in [1.165, 1.54) is 5.39 Å². The van der Waals surface area contributed by atoms with E-state index in [0.717, 1.165) is 11.1 Å². The molecule has 0 aliphatic carbocycles. The fourth-order valence-electron chi connectivity index (χ4n) is 1.88. The maximum atomic E-state index is 11.5. The SMILES string of the molecule is CC(CN)C(=O)NCCOc1ccc2ccccc2c1.Cl. The molecule has 1 atom stereocenters. The van der Waals surface area contributed by atoms with Crippen LogP contribution in [0.2, 0.25) is 0 Å². The van der Waals surface area contributed by atoms with Crippen molar-refractivity contribution in [3.05, 3.63) is 42.5 Å². The number of hydrogen-bond donors (Lipinski definition) is 2. The molecule has 0 fully saturated rings. The number of carbonyl (C=O) groups is 1. The van der Waals surface area contributed by atoms with E-state index in [4.69, 9.17) is 10.5 Å². The molecule has 0 saturated carbocycles. The summed E-state index contributed by atoms with van der Waals surface area (Å²) < 4.78 is 5.63. The van der Waals surface area contributed by atoms with Crippen molar-refractivity contribution in [2.24, 2.45) is 11.7 Å². The number of amides is 1. The Hall–Kier alpha value is -1.78. The van der Waals surface area contributed by atoms with Crippen LogP contribution in [-0.2, 0) is 4.79 Å². The van der Waals surface area contributed by atoms with Crippen LogP contribution >= 0.6 is 12.4 Å². The highest BCUT2D eigenvalue weighted by Crippen LogP contribution is 2.20. The Morgan fingerprint density at radius 1 is 1.24 bits per heavy atom. The number of benzene rings is 2. The molecule has 2 aromatic carbocycles. The van der Waals surface area contributed by atoms with Gasteiger partial charge in [0.15, 0.2) is 0 Å². The summed E-state index contributed by atoms with van der Waals surface area (Å²) in [5.41, 5.74) is 5.43. The Morgan fingerprint density at radius 2 is 1.95 bits per heavy atom. The maximum Gasteiger partial charge on any atom is 0.224 e. The summed E-state index contributed by atoms with van der Waals surface area (Å²) in [4.78, 5) is 11.5. The summed E-state index contributed by atoms with van der Waals surface area (Å²) in [5, 5.41) is 5.13. The van der Waals surface area contributed by atoms with E-state index >= 15 is 0 Å². The molecule has 2 aromatic rings. The van der Waals surface area contributed by atoms with Gasteiger partial charge in [-0.1, -0.05) is 37.3 Å². The van der Waals surface area contributed by atoms with Gasteiger partial charge in [0.25, 0.3) is 0 Å². The lowest BCUT2D eigenvalue weighted by Crippen LogP contribution is -2.35. The second-order valence-electron chi connectivity index (χ2n) is 4.79. The third-order valence-corrected chi connectivity index (χ3v) is 3.19. The van der Waals surface area contributed by atoms with Crippen LogP contribution < -0.4 is 15.8 Å². The van der Waals surface area contributed by atoms with Crippen LogP contribution in [0.25, 0.3) is 10.8 Å². The van der Waals surface area contributed by atoms with Crippen molar-refractivity contribution >= 4 is 29.1 Å². The summed E-state index contributed by atoms with van der Waals surface area (Å²) in [6.45, 7) is 3.09. The van der Waals surface area contributed by atoms with Crippen LogP contribution in [0.1, 0.15) is 6.92 Å². The minimum atomic E-state index is -0.157. The van der Waals surface area contributed by atoms with Crippen molar-refractivity contribution < 1.29 is 9.53 Å². The molecule has 0 saturated heterocycles. The van der Waals surface area contributed by atoms with Gasteiger partial charge < -0.3 is 15.8 Å². The molecule has 0 heterocycles. The van der Waals surface area contributed by atoms with Gasteiger partial charge in [-0.05, 0) is 22.9 Å². The highest BCUT2D eigenvalue weighted by Gasteiger charge is 2.09. The molecular formula is C16H21ClN2O2. The van der Waals surface area contributed by atoms with Gasteiger partial charge in [0, 0.05) is 12.5 Å². The summed E-state index contributed by atoms with van der Waals surface area (Å²) in [6, 6.07) is 14.1. The van der Waals surface area contributed by atoms with Crippen molar-refractivity contribution in [1.82, 2.24) is 5.32 Å². The van der Waals surface area contributed by atoms with Crippen molar-refractivity contribution in [2.75, 3.05) is 19.7 Å². The van der Waals surface area contributed by atoms with E-state index in [-0.39, 0.29) is 24.2 Å². The molecule has 21 heavy (non-hydrogen) atoms. The fraction of sp³-hybridized carbons (Fsp3) is 0.312. The Labute approximate surface area is 131 Å². The largest absolute Gasteiger partial charge is 0.492 e. The van der Waals surface area contributed by atoms with Gasteiger partial charge in [0.1, 0.15) is 12.4 Å². The molecule has 0 bridgehead atoms. The van der Waals surface area contributed by atoms with E-state index in [1.54, 1.807) is 6.92 Å². The minimum absolute atomic E-state index is 0. The highest BCUT2D eigenvalue weighted by molar-refractivity contribution is 5.85. The molecule has 2 rings (SSSR count). The number of nitrogens with one attached hydrogen (secondary N) is 1. The summed E-state index contributed by atoms with van der Waals surface area (Å²) in [7, 11) is 0. The third kappa shape index (κ3) is 4.92. The average Bonchev–Trinajstić information content (AvgIpc) is 2.50. The lowest BCUT2D eigenvalue weighted by Gasteiger charge is -2.11. The third-order valence-electron chi connectivity index (χ3n) is 3.19. The summed E-state index contributed by atoms with van der Waals surface area (Å²) in [6.07, 6.45) is 0. The van der Waals surface area contributed by atoms with Crippen LogP contribution in [-0.4, -0.2) is 25.6 Å². The number of rotatable bonds is 6. The molecule has 5 heteroatoms. The Bertz CT molecular complexity index is 589. The Balaban J connectivity index is 0.00000220. The molecule has 114 valence electrons. The second-order valence-corrected chi connectivity index (χ2v) is 4.79. The van der Waals surface area contributed by atoms with E-state index in [1.807, 2.05) is 36.4 Å². The van der Waals surface area contributed by atoms with Crippen molar-refractivity contribution in [3.8, 4) is 5.75 Å². The standard InChI is InChI=1S/C16H20N2O2.ClH/c1-12(11-17)16(19)18-8-9-20-15-7-6-13-4-2-3-5-14(13)10-15;/h2-7,10,12H,8-9,11,17H2,1H3,(H,18,19);1H. The monoisotopic (exact) mass is 308 g/mol. The predicted molar refractivity (Wildman–Crippen MR) is 87.9 cm³/mol. The Morgan fingerprint density at radius 3 is 2.67 bits per heavy atom. The molecule has 3 N–H and O–H groups in total. The number of fused-ring (bicyclic) bond motifs is 1. The zero-order chi connectivity index (χ0) is 14.4. The molecule has 1 unspecified atom stereocenters. The molecule has 0 aliphatic rings. The number of halogens is 1. The minimum Gasteiger partial charge on any atom is -0.492 e. The summed E-state index contributed by atoms with van der Waals surface area (Å²) >= 11 is 0. The second kappa shape index (κ2) is 8.49. The quantitative estimate of drug-likeness (QED) is 0.805. The molecule has 0 aliphatic heterocycles. The van der Waals surface area contributed by atoms with Crippen molar-refractivity contribution in [2.45, 2.75) is 6.92 Å². The first kappa shape index (κ1) is 17.3. The lowest BCUT2D eigenvalue weighted by molar-refractivity contribution is -0.124. The van der Waals surface area contributed by atoms with Crippen molar-refractivity contribution in [1.29, 1.82) is 0 Å². The number of ether oxygens (including phenoxy) is 1. The van der Waals surface area contributed by atoms with Crippen LogP contribution in [0.4, 0.5) is 0 Å². The topological polar surface area (TPSA) is 64.4 Å². The smallest absolute Gasteiger partial charge is 0.224 e. The Kier molecular flexibility index (Phi) is 6.99. The normalized spacial score (nSPS) is 11.5. The van der Waals surface area contributed by atoms with Crippen LogP contribution in [0.15, 0.2) is 42.5 Å². The average molecular weight is 309 g/mol. The van der Waals surface area contributed by atoms with Gasteiger partial charge in [-0.15, -0.1) is 12.4 Å². The van der Waals surface area contributed by atoms with Gasteiger partial charge in [-0.25, -0.2) is 0 Å². The predicted octanol–water partition coefficient (Wildman–Crippen LogP) is 2.35. The zero-order valence-corrected chi connectivity index (χ0v) is 12.9. The number of nitrogens with two attached hydrogens (primary N) is 1. The molecule has 4 nitrogen and oxygen atoms in total. The summed E-state index contributed by atoms with van der Waals surface area (Å²) in [5.74, 6) is 0.620. The first-order chi connectivity index (χ1) is 9.70. The highest BCUT2D eigenvalue weighted by atomic mass is 35.5. The molecule has 0 spiro atoms. The van der Waals surface area contributed by atoms with Crippen LogP contribution in [0.3, 0.4) is 0 Å². The molecule has 0 aromatic heterocycles. The van der Waals surface area contributed by atoms with Crippen LogP contribution in [0, 0.1) is 5.92 Å². The van der Waals surface area contributed by atoms with Gasteiger partial charge >= 0.3 is 0 Å². The number of carbonyl (C=O) groups excluding carboxylic acids is 1. The molecular weight excluding hydrogens is 288 g/mol. The maximum absolute atomic E-state index is 11.5. The van der Waals surface area contributed by atoms with E-state index in [0.29, 0.717) is 19.7 Å². The lowest BCUT2D eigenvalue weighted by atomic mass is 10.1. The van der Waals surface area contributed by atoms with E-state index < -0.39 is 0 Å². The van der Waals surface area contributed by atoms with E-state index in [2.05, 4.69) is 11.4 Å². The first-order valence-corrected chi connectivity index (χ1v) is 6.80. The van der Waals surface area contributed by atoms with Gasteiger partial charge in [0.05, 0.1) is 6.54 Å². The zero-order valence-electron chi connectivity index (χ0n) is 12.0. The van der Waals surface area contributed by atoms with E-state index in [9.17, 15) is 4.79 Å². The van der Waals surface area contributed by atoms with Crippen molar-refractivity contribution in [3.63, 3.8) is 0 Å². The van der Waals surface area contributed by atoms with Gasteiger partial charge in [-0.3, -0.25) is 4.79 Å².